The second-order valence-corrected chi connectivity index (χ2v) is 11.4. The molecule has 0 radical (unpaired) electrons. The van der Waals surface area contributed by atoms with E-state index in [9.17, 15) is 0 Å². The lowest BCUT2D eigenvalue weighted by atomic mass is 9.90. The van der Waals surface area contributed by atoms with Crippen molar-refractivity contribution in [1.82, 2.24) is 19.9 Å². The Morgan fingerprint density at radius 1 is 0.850 bits per heavy atom. The number of benzene rings is 3. The summed E-state index contributed by atoms with van der Waals surface area (Å²) in [6.07, 6.45) is 9.56. The van der Waals surface area contributed by atoms with Crippen LogP contribution >= 0.6 is 11.3 Å². The second kappa shape index (κ2) is 9.85. The van der Waals surface area contributed by atoms with Gasteiger partial charge >= 0.3 is 0 Å². The van der Waals surface area contributed by atoms with Gasteiger partial charge in [-0.2, -0.15) is 0 Å². The van der Waals surface area contributed by atoms with E-state index >= 15 is 0 Å². The highest BCUT2D eigenvalue weighted by Crippen LogP contribution is 2.35. The van der Waals surface area contributed by atoms with Crippen LogP contribution in [0.2, 0.25) is 0 Å². The third kappa shape index (κ3) is 4.19. The maximum absolute atomic E-state index is 5.11. The molecule has 0 amide bonds. The van der Waals surface area contributed by atoms with Crippen LogP contribution in [-0.4, -0.2) is 19.9 Å². The summed E-state index contributed by atoms with van der Waals surface area (Å²) >= 11 is 1.77. The van der Waals surface area contributed by atoms with Gasteiger partial charge in [-0.3, -0.25) is 0 Å². The number of fused-ring (bicyclic) bond motifs is 4. The quantitative estimate of drug-likeness (QED) is 0.257. The van der Waals surface area contributed by atoms with Crippen LogP contribution < -0.4 is 9.75 Å². The summed E-state index contributed by atoms with van der Waals surface area (Å²) in [5, 5.41) is 3.51. The van der Waals surface area contributed by atoms with E-state index in [1.165, 1.54) is 25.7 Å². The van der Waals surface area contributed by atoms with E-state index in [0.717, 1.165) is 39.4 Å². The number of aromatic nitrogens is 4. The topological polar surface area (TPSA) is 54.5 Å². The minimum absolute atomic E-state index is 0.357. The third-order valence-electron chi connectivity index (χ3n) is 7.48. The van der Waals surface area contributed by atoms with E-state index in [4.69, 9.17) is 15.0 Å². The molecular weight excluding hydrogens is 508 g/mol. The molecule has 0 aliphatic heterocycles. The number of aromatic amines is 1. The number of hydrogen-bond acceptors (Lipinski definition) is 4. The summed E-state index contributed by atoms with van der Waals surface area (Å²) < 4.78 is 1.19. The highest BCUT2D eigenvalue weighted by atomic mass is 32.1. The predicted molar refractivity (Wildman–Crippen MR) is 168 cm³/mol. The van der Waals surface area contributed by atoms with E-state index < -0.39 is 0 Å². The SMILES string of the molecule is C=c1c2c(s/c1=C/C=C\C)C(c1nc(-c3ccccc3)nc(-c3ccc4c(c3)[nH]c3ccccc34)n1)=CC(C)C2. The molecule has 194 valence electrons. The highest BCUT2D eigenvalue weighted by Gasteiger charge is 2.25. The molecule has 3 aromatic carbocycles. The van der Waals surface area contributed by atoms with E-state index in [1.54, 1.807) is 11.3 Å². The van der Waals surface area contributed by atoms with E-state index in [0.29, 0.717) is 23.4 Å². The molecule has 1 unspecified atom stereocenters. The molecule has 4 nitrogen and oxygen atoms in total. The van der Waals surface area contributed by atoms with Gasteiger partial charge in [-0.1, -0.05) is 92.4 Å². The Bertz CT molecular complexity index is 2080. The standard InChI is InChI=1S/C35H28N4S/c1-4-5-15-31-22(3)27-18-21(2)19-28(32(27)40-31)35-38-33(23-11-7-6-8-12-23)37-34(39-35)24-16-17-26-25-13-9-10-14-29(25)36-30(26)20-24/h4-17,19-21,36H,3,18H2,1-2H3/b5-4-,31-15+. The maximum Gasteiger partial charge on any atom is 0.165 e. The Morgan fingerprint density at radius 3 is 2.40 bits per heavy atom. The van der Waals surface area contributed by atoms with Gasteiger partial charge < -0.3 is 4.98 Å². The number of H-pyrrole nitrogens is 1. The molecule has 3 aromatic heterocycles. The molecule has 5 heteroatoms. The van der Waals surface area contributed by atoms with Crippen LogP contribution in [0.25, 0.3) is 62.8 Å². The number of thiophene rings is 1. The molecule has 40 heavy (non-hydrogen) atoms. The first-order chi connectivity index (χ1) is 19.6. The number of nitrogens with one attached hydrogen (secondary N) is 1. The van der Waals surface area contributed by atoms with Gasteiger partial charge in [0.05, 0.1) is 0 Å². The van der Waals surface area contributed by atoms with Crippen molar-refractivity contribution in [2.75, 3.05) is 0 Å². The van der Waals surface area contributed by atoms with Crippen molar-refractivity contribution in [1.29, 1.82) is 0 Å². The van der Waals surface area contributed by atoms with E-state index in [2.05, 4.69) is 91.3 Å². The monoisotopic (exact) mass is 536 g/mol. The van der Waals surface area contributed by atoms with Crippen LogP contribution in [0.3, 0.4) is 0 Å². The summed E-state index contributed by atoms with van der Waals surface area (Å²) in [5.74, 6) is 2.39. The van der Waals surface area contributed by atoms with Crippen molar-refractivity contribution in [3.8, 4) is 22.8 Å². The molecule has 0 spiro atoms. The van der Waals surface area contributed by atoms with Crippen molar-refractivity contribution in [2.45, 2.75) is 20.3 Å². The highest BCUT2D eigenvalue weighted by molar-refractivity contribution is 7.11. The number of para-hydroxylation sites is 1. The third-order valence-corrected chi connectivity index (χ3v) is 8.76. The van der Waals surface area contributed by atoms with E-state index in [1.807, 2.05) is 31.2 Å². The van der Waals surface area contributed by atoms with Gasteiger partial charge in [-0.15, -0.1) is 11.3 Å². The lowest BCUT2D eigenvalue weighted by molar-refractivity contribution is 0.712. The molecule has 1 N–H and O–H groups in total. The lowest BCUT2D eigenvalue weighted by Gasteiger charge is -2.18. The van der Waals surface area contributed by atoms with E-state index in [-0.39, 0.29) is 0 Å². The minimum atomic E-state index is 0.357. The number of rotatable bonds is 4. The van der Waals surface area contributed by atoms with Crippen LogP contribution in [-0.2, 0) is 6.42 Å². The van der Waals surface area contributed by atoms with Crippen LogP contribution in [0.15, 0.2) is 91.0 Å². The number of hydrogen-bond donors (Lipinski definition) is 1. The fourth-order valence-corrected chi connectivity index (χ4v) is 6.74. The van der Waals surface area contributed by atoms with Gasteiger partial charge in [0.25, 0.3) is 0 Å². The average molecular weight is 537 g/mol. The van der Waals surface area contributed by atoms with Crippen molar-refractivity contribution >= 4 is 51.4 Å². The van der Waals surface area contributed by atoms with Crippen LogP contribution in [0.4, 0.5) is 0 Å². The van der Waals surface area contributed by atoms with Gasteiger partial charge in [0, 0.05) is 47.9 Å². The summed E-state index contributed by atoms with van der Waals surface area (Å²) in [7, 11) is 0. The predicted octanol–water partition coefficient (Wildman–Crippen LogP) is 7.29. The molecule has 0 saturated carbocycles. The van der Waals surface area contributed by atoms with Crippen molar-refractivity contribution in [3.05, 3.63) is 117 Å². The Hall–Kier alpha value is -4.61. The summed E-state index contributed by atoms with van der Waals surface area (Å²) in [6.45, 7) is 8.73. The Labute approximate surface area is 236 Å². The summed E-state index contributed by atoms with van der Waals surface area (Å²) in [5.41, 5.74) is 6.48. The fraction of sp³-hybridized carbons (Fsp3) is 0.114. The van der Waals surface area contributed by atoms with Crippen molar-refractivity contribution in [3.63, 3.8) is 0 Å². The molecule has 0 saturated heterocycles. The first-order valence-electron chi connectivity index (χ1n) is 13.6. The lowest BCUT2D eigenvalue weighted by Crippen LogP contribution is -2.22. The second-order valence-electron chi connectivity index (χ2n) is 10.3. The van der Waals surface area contributed by atoms with Gasteiger partial charge in [-0.05, 0) is 48.3 Å². The molecule has 1 aliphatic rings. The molecule has 1 aliphatic carbocycles. The largest absolute Gasteiger partial charge is 0.354 e. The molecule has 7 rings (SSSR count). The van der Waals surface area contributed by atoms with Gasteiger partial charge in [-0.25, -0.2) is 15.0 Å². The maximum atomic E-state index is 5.11. The first kappa shape index (κ1) is 24.4. The van der Waals surface area contributed by atoms with Gasteiger partial charge in [0.2, 0.25) is 0 Å². The number of allylic oxidation sites excluding steroid dienone is 3. The zero-order valence-electron chi connectivity index (χ0n) is 22.5. The zero-order valence-corrected chi connectivity index (χ0v) is 23.3. The van der Waals surface area contributed by atoms with Crippen molar-refractivity contribution in [2.24, 2.45) is 5.92 Å². The Morgan fingerprint density at radius 2 is 1.57 bits per heavy atom. The van der Waals surface area contributed by atoms with Crippen LogP contribution in [0, 0.1) is 5.92 Å². The normalized spacial score (nSPS) is 15.7. The zero-order chi connectivity index (χ0) is 27.2. The summed E-state index contributed by atoms with van der Waals surface area (Å²) in [4.78, 5) is 19.9. The van der Waals surface area contributed by atoms with Gasteiger partial charge in [0.15, 0.2) is 17.5 Å². The molecule has 0 bridgehead atoms. The first-order valence-corrected chi connectivity index (χ1v) is 14.4. The molecule has 1 atom stereocenters. The van der Waals surface area contributed by atoms with Crippen molar-refractivity contribution < 1.29 is 0 Å². The Balaban J connectivity index is 1.44. The smallest absolute Gasteiger partial charge is 0.165 e. The average Bonchev–Trinajstić information content (AvgIpc) is 3.52. The minimum Gasteiger partial charge on any atom is -0.354 e. The molecule has 0 fully saturated rings. The molecule has 6 aromatic rings. The van der Waals surface area contributed by atoms with Crippen LogP contribution in [0.1, 0.15) is 30.1 Å². The van der Waals surface area contributed by atoms with Gasteiger partial charge in [0.1, 0.15) is 0 Å². The summed E-state index contributed by atoms with van der Waals surface area (Å²) in [6, 6.07) is 25.0. The van der Waals surface area contributed by atoms with Crippen LogP contribution in [0.5, 0.6) is 0 Å². The molecular formula is C35H28N4S. The fourth-order valence-electron chi connectivity index (χ4n) is 5.52. The Kier molecular flexibility index (Phi) is 6.02. The number of nitrogens with zero attached hydrogens (tertiary/aromatic N) is 3. The molecule has 3 heterocycles.